The fourth-order valence-electron chi connectivity index (χ4n) is 0.710. The molecule has 0 aromatic carbocycles. The van der Waals surface area contributed by atoms with E-state index < -0.39 is 0 Å². The molecule has 6 heteroatoms. The maximum absolute atomic E-state index is 10.1. The third-order valence-corrected chi connectivity index (χ3v) is 1.23. The van der Waals surface area contributed by atoms with Crippen molar-refractivity contribution < 1.29 is 19.1 Å². The molecule has 1 aliphatic rings. The first kappa shape index (κ1) is 12.7. The Morgan fingerprint density at radius 3 is 1.79 bits per heavy atom. The van der Waals surface area contributed by atoms with Crippen LogP contribution in [-0.4, -0.2) is 22.8 Å². The SMILES string of the molecule is CC(=O)OC(C)=S.O=C1CCC(=O)N1. The molecule has 1 saturated heterocycles. The van der Waals surface area contributed by atoms with Crippen LogP contribution in [0.1, 0.15) is 26.7 Å². The second-order valence-corrected chi connectivity index (χ2v) is 3.13. The molecule has 78 valence electrons. The summed E-state index contributed by atoms with van der Waals surface area (Å²) in [5.41, 5.74) is 0. The number of carbonyl (C=O) groups is 3. The molecule has 0 atom stereocenters. The second-order valence-electron chi connectivity index (χ2n) is 2.56. The minimum atomic E-state index is -0.354. The van der Waals surface area contributed by atoms with Gasteiger partial charge in [0.05, 0.1) is 0 Å². The predicted molar refractivity (Wildman–Crippen MR) is 52.4 cm³/mol. The van der Waals surface area contributed by atoms with Gasteiger partial charge in [0.15, 0.2) is 5.05 Å². The van der Waals surface area contributed by atoms with E-state index in [9.17, 15) is 14.4 Å². The van der Waals surface area contributed by atoms with Gasteiger partial charge in [-0.3, -0.25) is 19.7 Å². The molecule has 0 spiro atoms. The lowest BCUT2D eigenvalue weighted by atomic mass is 10.4. The number of thiocarbonyl (C=S) groups is 1. The van der Waals surface area contributed by atoms with Crippen molar-refractivity contribution in [2.45, 2.75) is 26.7 Å². The first-order valence-electron chi connectivity index (χ1n) is 3.93. The van der Waals surface area contributed by atoms with Crippen LogP contribution >= 0.6 is 12.2 Å². The van der Waals surface area contributed by atoms with Crippen LogP contribution in [0, 0.1) is 0 Å². The van der Waals surface area contributed by atoms with Crippen LogP contribution in [0.4, 0.5) is 0 Å². The Hall–Kier alpha value is -1.30. The number of hydrogen-bond donors (Lipinski definition) is 1. The molecular weight excluding hydrogens is 206 g/mol. The fourth-order valence-corrected chi connectivity index (χ4v) is 0.827. The van der Waals surface area contributed by atoms with Crippen molar-refractivity contribution in [1.82, 2.24) is 5.32 Å². The van der Waals surface area contributed by atoms with Gasteiger partial charge in [-0.2, -0.15) is 0 Å². The molecule has 14 heavy (non-hydrogen) atoms. The highest BCUT2D eigenvalue weighted by Gasteiger charge is 2.15. The molecule has 1 heterocycles. The molecule has 0 saturated carbocycles. The van der Waals surface area contributed by atoms with Crippen LogP contribution in [0.3, 0.4) is 0 Å². The maximum atomic E-state index is 10.1. The first-order valence-corrected chi connectivity index (χ1v) is 4.34. The molecular formula is C8H11NO4S. The van der Waals surface area contributed by atoms with E-state index >= 15 is 0 Å². The standard InChI is InChI=1S/C4H5NO2.C4H6O2S/c6-3-1-2-4(7)5-3;1-3(5)6-4(2)7/h1-2H2,(H,5,6,7);1-2H3. The summed E-state index contributed by atoms with van der Waals surface area (Å²) in [6.07, 6.45) is 0.748. The quantitative estimate of drug-likeness (QED) is 0.359. The lowest BCUT2D eigenvalue weighted by Gasteiger charge is -1.91. The molecule has 0 unspecified atom stereocenters. The minimum absolute atomic E-state index is 0.148. The molecule has 0 aromatic heterocycles. The van der Waals surface area contributed by atoms with Crippen molar-refractivity contribution in [1.29, 1.82) is 0 Å². The fraction of sp³-hybridized carbons (Fsp3) is 0.500. The third-order valence-electron chi connectivity index (χ3n) is 1.15. The Morgan fingerprint density at radius 1 is 1.29 bits per heavy atom. The van der Waals surface area contributed by atoms with Crippen LogP contribution < -0.4 is 5.32 Å². The molecule has 0 bridgehead atoms. The summed E-state index contributed by atoms with van der Waals surface area (Å²) < 4.78 is 4.34. The van der Waals surface area contributed by atoms with Gasteiger partial charge in [0.25, 0.3) is 0 Å². The van der Waals surface area contributed by atoms with E-state index in [4.69, 9.17) is 0 Å². The van der Waals surface area contributed by atoms with E-state index in [2.05, 4.69) is 22.3 Å². The molecule has 1 aliphatic heterocycles. The summed E-state index contributed by atoms with van der Waals surface area (Å²) in [4.78, 5) is 30.2. The summed E-state index contributed by atoms with van der Waals surface area (Å²) in [5, 5.41) is 2.41. The summed E-state index contributed by atoms with van der Waals surface area (Å²) in [7, 11) is 0. The number of ether oxygens (including phenoxy) is 1. The number of nitrogens with one attached hydrogen (secondary N) is 1. The number of rotatable bonds is 0. The van der Waals surface area contributed by atoms with Crippen LogP contribution in [0.2, 0.25) is 0 Å². The summed E-state index contributed by atoms with van der Waals surface area (Å²) in [6.45, 7) is 2.87. The van der Waals surface area contributed by atoms with Crippen molar-refractivity contribution in [2.24, 2.45) is 0 Å². The third kappa shape index (κ3) is 7.35. The average Bonchev–Trinajstić information content (AvgIpc) is 2.32. The van der Waals surface area contributed by atoms with Crippen LogP contribution in [-0.2, 0) is 19.1 Å². The van der Waals surface area contributed by atoms with E-state index in [0.717, 1.165) is 0 Å². The molecule has 1 fully saturated rings. The van der Waals surface area contributed by atoms with Gasteiger partial charge in [-0.05, 0) is 12.2 Å². The lowest BCUT2D eigenvalue weighted by molar-refractivity contribution is -0.133. The minimum Gasteiger partial charge on any atom is -0.420 e. The number of esters is 1. The summed E-state index contributed by atoms with van der Waals surface area (Å²) in [5.74, 6) is -0.650. The van der Waals surface area contributed by atoms with Crippen molar-refractivity contribution >= 4 is 35.1 Å². The second kappa shape index (κ2) is 6.20. The van der Waals surface area contributed by atoms with E-state index in [1.165, 1.54) is 6.92 Å². The molecule has 0 aromatic rings. The van der Waals surface area contributed by atoms with Gasteiger partial charge in [-0.25, -0.2) is 0 Å². The number of carbonyl (C=O) groups excluding carboxylic acids is 3. The zero-order valence-electron chi connectivity index (χ0n) is 7.96. The van der Waals surface area contributed by atoms with Crippen molar-refractivity contribution in [3.05, 3.63) is 0 Å². The van der Waals surface area contributed by atoms with E-state index in [-0.39, 0.29) is 22.8 Å². The van der Waals surface area contributed by atoms with Crippen LogP contribution in [0.5, 0.6) is 0 Å². The molecule has 5 nitrogen and oxygen atoms in total. The van der Waals surface area contributed by atoms with Crippen LogP contribution in [0.15, 0.2) is 0 Å². The van der Waals surface area contributed by atoms with Gasteiger partial charge in [0, 0.05) is 26.7 Å². The predicted octanol–water partition coefficient (Wildman–Crippen LogP) is 0.320. The van der Waals surface area contributed by atoms with Gasteiger partial charge in [0.2, 0.25) is 11.8 Å². The van der Waals surface area contributed by atoms with Gasteiger partial charge >= 0.3 is 5.97 Å². The highest BCUT2D eigenvalue weighted by molar-refractivity contribution is 7.80. The molecule has 1 N–H and O–H groups in total. The maximum Gasteiger partial charge on any atom is 0.308 e. The first-order chi connectivity index (χ1) is 6.41. The van der Waals surface area contributed by atoms with Gasteiger partial charge in [0.1, 0.15) is 0 Å². The van der Waals surface area contributed by atoms with Crippen LogP contribution in [0.25, 0.3) is 0 Å². The topological polar surface area (TPSA) is 72.5 Å². The summed E-state index contributed by atoms with van der Waals surface area (Å²) >= 11 is 4.43. The normalized spacial score (nSPS) is 13.9. The Balaban J connectivity index is 0.000000241. The Labute approximate surface area is 86.8 Å². The van der Waals surface area contributed by atoms with E-state index in [1.54, 1.807) is 6.92 Å². The molecule has 1 rings (SSSR count). The van der Waals surface area contributed by atoms with Gasteiger partial charge in [-0.15, -0.1) is 0 Å². The molecule has 0 radical (unpaired) electrons. The van der Waals surface area contributed by atoms with Crippen molar-refractivity contribution in [2.75, 3.05) is 0 Å². The van der Waals surface area contributed by atoms with Gasteiger partial charge in [-0.1, -0.05) is 0 Å². The Morgan fingerprint density at radius 2 is 1.71 bits per heavy atom. The van der Waals surface area contributed by atoms with Gasteiger partial charge < -0.3 is 4.74 Å². The summed E-state index contributed by atoms with van der Waals surface area (Å²) in [6, 6.07) is 0. The zero-order valence-corrected chi connectivity index (χ0v) is 8.77. The largest absolute Gasteiger partial charge is 0.420 e. The molecule has 2 amide bonds. The lowest BCUT2D eigenvalue weighted by Crippen LogP contribution is -2.18. The Kier molecular flexibility index (Phi) is 5.62. The molecule has 0 aliphatic carbocycles. The number of imide groups is 1. The van der Waals surface area contributed by atoms with E-state index in [1.807, 2.05) is 0 Å². The Bertz CT molecular complexity index is 249. The number of amides is 2. The number of hydrogen-bond acceptors (Lipinski definition) is 5. The average molecular weight is 217 g/mol. The highest BCUT2D eigenvalue weighted by atomic mass is 32.1. The highest BCUT2D eigenvalue weighted by Crippen LogP contribution is 1.95. The monoisotopic (exact) mass is 217 g/mol. The van der Waals surface area contributed by atoms with Crippen molar-refractivity contribution in [3.8, 4) is 0 Å². The zero-order chi connectivity index (χ0) is 11.1. The van der Waals surface area contributed by atoms with Crippen molar-refractivity contribution in [3.63, 3.8) is 0 Å². The smallest absolute Gasteiger partial charge is 0.308 e. The van der Waals surface area contributed by atoms with E-state index in [0.29, 0.717) is 12.8 Å².